The van der Waals surface area contributed by atoms with Gasteiger partial charge in [-0.1, -0.05) is 18.5 Å². The lowest BCUT2D eigenvalue weighted by molar-refractivity contribution is 0.0899. The standard InChI is InChI=1S/C10H17N3O2/c1-3-4-8(6-11)12-10(14)9-5-7(2)13-15-9/h5,8H,3-4,6,11H2,1-2H3,(H,12,14). The van der Waals surface area contributed by atoms with Crippen LogP contribution in [0.25, 0.3) is 0 Å². The van der Waals surface area contributed by atoms with Crippen molar-refractivity contribution in [3.8, 4) is 0 Å². The molecule has 1 heterocycles. The van der Waals surface area contributed by atoms with Gasteiger partial charge in [0, 0.05) is 18.7 Å². The Morgan fingerprint density at radius 3 is 2.93 bits per heavy atom. The molecular weight excluding hydrogens is 194 g/mol. The first kappa shape index (κ1) is 11.7. The summed E-state index contributed by atoms with van der Waals surface area (Å²) in [5.74, 6) is -0.0125. The molecule has 5 heteroatoms. The molecule has 0 aliphatic rings. The van der Waals surface area contributed by atoms with Crippen molar-refractivity contribution < 1.29 is 9.32 Å². The second kappa shape index (κ2) is 5.50. The van der Waals surface area contributed by atoms with Crippen LogP contribution in [0.5, 0.6) is 0 Å². The number of hydrogen-bond acceptors (Lipinski definition) is 4. The van der Waals surface area contributed by atoms with Crippen LogP contribution in [0.15, 0.2) is 10.6 Å². The topological polar surface area (TPSA) is 81.1 Å². The summed E-state index contributed by atoms with van der Waals surface area (Å²) in [5, 5.41) is 6.45. The number of carbonyl (C=O) groups is 1. The Bertz CT molecular complexity index is 322. The molecule has 84 valence electrons. The molecule has 1 rings (SSSR count). The number of nitrogens with one attached hydrogen (secondary N) is 1. The second-order valence-electron chi connectivity index (χ2n) is 3.53. The van der Waals surface area contributed by atoms with Crippen LogP contribution in [0.1, 0.15) is 36.0 Å². The lowest BCUT2D eigenvalue weighted by atomic mass is 10.1. The van der Waals surface area contributed by atoms with E-state index in [1.807, 2.05) is 6.92 Å². The molecule has 0 bridgehead atoms. The van der Waals surface area contributed by atoms with Crippen molar-refractivity contribution in [2.45, 2.75) is 32.7 Å². The van der Waals surface area contributed by atoms with E-state index < -0.39 is 0 Å². The number of aromatic nitrogens is 1. The molecule has 5 nitrogen and oxygen atoms in total. The van der Waals surface area contributed by atoms with Gasteiger partial charge in [0.2, 0.25) is 5.76 Å². The summed E-state index contributed by atoms with van der Waals surface area (Å²) in [6.07, 6.45) is 1.85. The van der Waals surface area contributed by atoms with E-state index >= 15 is 0 Å². The molecule has 0 aliphatic carbocycles. The maximum atomic E-state index is 11.6. The minimum absolute atomic E-state index is 0.00732. The zero-order valence-corrected chi connectivity index (χ0v) is 9.12. The van der Waals surface area contributed by atoms with E-state index in [0.717, 1.165) is 12.8 Å². The van der Waals surface area contributed by atoms with Crippen LogP contribution in [0, 0.1) is 6.92 Å². The van der Waals surface area contributed by atoms with E-state index in [4.69, 9.17) is 10.3 Å². The zero-order chi connectivity index (χ0) is 11.3. The summed E-state index contributed by atoms with van der Waals surface area (Å²) in [6.45, 7) is 4.26. The number of amides is 1. The molecule has 0 radical (unpaired) electrons. The number of aryl methyl sites for hydroxylation is 1. The Morgan fingerprint density at radius 1 is 1.73 bits per heavy atom. The first-order valence-electron chi connectivity index (χ1n) is 5.11. The molecule has 3 N–H and O–H groups in total. The molecule has 0 saturated carbocycles. The van der Waals surface area contributed by atoms with E-state index in [9.17, 15) is 4.79 Å². The van der Waals surface area contributed by atoms with Gasteiger partial charge in [-0.15, -0.1) is 0 Å². The van der Waals surface area contributed by atoms with Crippen molar-refractivity contribution in [2.75, 3.05) is 6.54 Å². The Labute approximate surface area is 89.0 Å². The SMILES string of the molecule is CCCC(CN)NC(=O)c1cc(C)no1. The van der Waals surface area contributed by atoms with Crippen molar-refractivity contribution in [3.63, 3.8) is 0 Å². The fourth-order valence-corrected chi connectivity index (χ4v) is 1.32. The van der Waals surface area contributed by atoms with Crippen molar-refractivity contribution in [2.24, 2.45) is 5.73 Å². The molecule has 0 aromatic carbocycles. The van der Waals surface area contributed by atoms with E-state index in [-0.39, 0.29) is 17.7 Å². The van der Waals surface area contributed by atoms with E-state index in [2.05, 4.69) is 10.5 Å². The van der Waals surface area contributed by atoms with E-state index in [1.165, 1.54) is 0 Å². The predicted molar refractivity (Wildman–Crippen MR) is 56.5 cm³/mol. The Kier molecular flexibility index (Phi) is 4.30. The number of nitrogens with zero attached hydrogens (tertiary/aromatic N) is 1. The van der Waals surface area contributed by atoms with Crippen LogP contribution in [-0.2, 0) is 0 Å². The highest BCUT2D eigenvalue weighted by molar-refractivity contribution is 5.91. The van der Waals surface area contributed by atoms with Crippen molar-refractivity contribution in [1.82, 2.24) is 10.5 Å². The summed E-state index contributed by atoms with van der Waals surface area (Å²) in [6, 6.07) is 1.61. The van der Waals surface area contributed by atoms with Gasteiger partial charge < -0.3 is 15.6 Å². The van der Waals surface area contributed by atoms with Crippen molar-refractivity contribution >= 4 is 5.91 Å². The maximum absolute atomic E-state index is 11.6. The molecule has 0 saturated heterocycles. The predicted octanol–water partition coefficient (Wildman–Crippen LogP) is 0.840. The Hall–Kier alpha value is -1.36. The summed E-state index contributed by atoms with van der Waals surface area (Å²) >= 11 is 0. The van der Waals surface area contributed by atoms with Crippen LogP contribution in [-0.4, -0.2) is 23.7 Å². The fraction of sp³-hybridized carbons (Fsp3) is 0.600. The quantitative estimate of drug-likeness (QED) is 0.756. The number of rotatable bonds is 5. The third kappa shape index (κ3) is 3.36. The van der Waals surface area contributed by atoms with Gasteiger partial charge >= 0.3 is 0 Å². The van der Waals surface area contributed by atoms with Gasteiger partial charge in [-0.05, 0) is 13.3 Å². The summed E-state index contributed by atoms with van der Waals surface area (Å²) in [4.78, 5) is 11.6. The third-order valence-electron chi connectivity index (χ3n) is 2.11. The van der Waals surface area contributed by atoms with Gasteiger partial charge in [-0.2, -0.15) is 0 Å². The van der Waals surface area contributed by atoms with Crippen LogP contribution >= 0.6 is 0 Å². The molecular formula is C10H17N3O2. The summed E-state index contributed by atoms with van der Waals surface area (Å²) in [7, 11) is 0. The van der Waals surface area contributed by atoms with Crippen LogP contribution < -0.4 is 11.1 Å². The van der Waals surface area contributed by atoms with Gasteiger partial charge in [-0.3, -0.25) is 4.79 Å². The second-order valence-corrected chi connectivity index (χ2v) is 3.53. The maximum Gasteiger partial charge on any atom is 0.290 e. The Morgan fingerprint density at radius 2 is 2.47 bits per heavy atom. The number of hydrogen-bond donors (Lipinski definition) is 2. The highest BCUT2D eigenvalue weighted by atomic mass is 16.5. The average Bonchev–Trinajstić information content (AvgIpc) is 2.64. The van der Waals surface area contributed by atoms with Crippen LogP contribution in [0.3, 0.4) is 0 Å². The molecule has 1 unspecified atom stereocenters. The molecule has 1 aromatic heterocycles. The summed E-state index contributed by atoms with van der Waals surface area (Å²) in [5.41, 5.74) is 6.22. The lowest BCUT2D eigenvalue weighted by Crippen LogP contribution is -2.39. The smallest absolute Gasteiger partial charge is 0.290 e. The monoisotopic (exact) mass is 211 g/mol. The normalized spacial score (nSPS) is 12.5. The van der Waals surface area contributed by atoms with Crippen LogP contribution in [0.2, 0.25) is 0 Å². The number of nitrogens with two attached hydrogens (primary N) is 1. The minimum atomic E-state index is -0.250. The average molecular weight is 211 g/mol. The lowest BCUT2D eigenvalue weighted by Gasteiger charge is -2.14. The van der Waals surface area contributed by atoms with Crippen LogP contribution in [0.4, 0.5) is 0 Å². The zero-order valence-electron chi connectivity index (χ0n) is 9.12. The first-order valence-corrected chi connectivity index (χ1v) is 5.11. The Balaban J connectivity index is 2.54. The van der Waals surface area contributed by atoms with Gasteiger partial charge in [0.15, 0.2) is 0 Å². The van der Waals surface area contributed by atoms with Gasteiger partial charge in [0.05, 0.1) is 5.69 Å². The van der Waals surface area contributed by atoms with E-state index in [0.29, 0.717) is 12.2 Å². The fourth-order valence-electron chi connectivity index (χ4n) is 1.32. The highest BCUT2D eigenvalue weighted by Crippen LogP contribution is 2.03. The summed E-state index contributed by atoms with van der Waals surface area (Å²) < 4.78 is 4.85. The van der Waals surface area contributed by atoms with Gasteiger partial charge in [0.1, 0.15) is 0 Å². The largest absolute Gasteiger partial charge is 0.351 e. The molecule has 15 heavy (non-hydrogen) atoms. The molecule has 0 aliphatic heterocycles. The first-order chi connectivity index (χ1) is 7.17. The van der Waals surface area contributed by atoms with Crippen molar-refractivity contribution in [3.05, 3.63) is 17.5 Å². The van der Waals surface area contributed by atoms with Gasteiger partial charge in [0.25, 0.3) is 5.91 Å². The molecule has 0 fully saturated rings. The minimum Gasteiger partial charge on any atom is -0.351 e. The third-order valence-corrected chi connectivity index (χ3v) is 2.11. The highest BCUT2D eigenvalue weighted by Gasteiger charge is 2.15. The van der Waals surface area contributed by atoms with Crippen molar-refractivity contribution in [1.29, 1.82) is 0 Å². The molecule has 0 spiro atoms. The van der Waals surface area contributed by atoms with Gasteiger partial charge in [-0.25, -0.2) is 0 Å². The van der Waals surface area contributed by atoms with E-state index in [1.54, 1.807) is 13.0 Å². The molecule has 1 atom stereocenters. The number of carbonyl (C=O) groups excluding carboxylic acids is 1. The molecule has 1 aromatic rings. The molecule has 1 amide bonds.